The van der Waals surface area contributed by atoms with Gasteiger partial charge in [-0.1, -0.05) is 12.1 Å². The number of thiazole rings is 1. The van der Waals surface area contributed by atoms with Crippen molar-refractivity contribution in [2.24, 2.45) is 5.73 Å². The number of aromatic nitrogens is 1. The number of benzene rings is 1. The van der Waals surface area contributed by atoms with Crippen molar-refractivity contribution in [3.63, 3.8) is 0 Å². The molecule has 1 atom stereocenters. The maximum absolute atomic E-state index is 11.5. The minimum Gasteiger partial charge on any atom is -0.320 e. The average molecular weight is 275 g/mol. The van der Waals surface area contributed by atoms with E-state index >= 15 is 0 Å². The van der Waals surface area contributed by atoms with Gasteiger partial charge < -0.3 is 11.1 Å². The van der Waals surface area contributed by atoms with Gasteiger partial charge in [0.1, 0.15) is 0 Å². The fourth-order valence-electron chi connectivity index (χ4n) is 1.58. The highest BCUT2D eigenvalue weighted by Gasteiger charge is 2.11. The Kier molecular flexibility index (Phi) is 3.97. The van der Waals surface area contributed by atoms with Crippen LogP contribution in [0.2, 0.25) is 0 Å². The number of rotatable bonds is 3. The van der Waals surface area contributed by atoms with Crippen molar-refractivity contribution in [3.05, 3.63) is 34.7 Å². The summed E-state index contributed by atoms with van der Waals surface area (Å²) >= 11 is 1.40. The number of hydrogen-bond acceptors (Lipinski definition) is 4. The summed E-state index contributed by atoms with van der Waals surface area (Å²) < 4.78 is 0. The summed E-state index contributed by atoms with van der Waals surface area (Å²) in [6.07, 6.45) is 0. The topological polar surface area (TPSA) is 68.0 Å². The van der Waals surface area contributed by atoms with Gasteiger partial charge in [-0.05, 0) is 38.0 Å². The second-order valence-corrected chi connectivity index (χ2v) is 5.47. The molecule has 0 radical (unpaired) electrons. The number of amides is 1. The number of aryl methyl sites for hydroxylation is 2. The molecule has 2 aromatic rings. The Morgan fingerprint density at radius 1 is 1.37 bits per heavy atom. The molecule has 4 nitrogen and oxygen atoms in total. The Morgan fingerprint density at radius 2 is 2.11 bits per heavy atom. The van der Waals surface area contributed by atoms with Crippen molar-refractivity contribution in [1.82, 2.24) is 4.98 Å². The van der Waals surface area contributed by atoms with Gasteiger partial charge >= 0.3 is 0 Å². The summed E-state index contributed by atoms with van der Waals surface area (Å²) in [5, 5.41) is 5.21. The Hall–Kier alpha value is -1.72. The summed E-state index contributed by atoms with van der Waals surface area (Å²) in [4.78, 5) is 15.9. The number of anilines is 1. The normalized spacial score (nSPS) is 12.2. The summed E-state index contributed by atoms with van der Waals surface area (Å²) in [5.41, 5.74) is 9.91. The van der Waals surface area contributed by atoms with Gasteiger partial charge in [-0.25, -0.2) is 4.98 Å². The van der Waals surface area contributed by atoms with Crippen LogP contribution >= 0.6 is 11.3 Å². The first-order valence-corrected chi connectivity index (χ1v) is 6.95. The lowest BCUT2D eigenvalue weighted by atomic mass is 10.1. The van der Waals surface area contributed by atoms with E-state index in [9.17, 15) is 4.79 Å². The number of nitrogens with zero attached hydrogens (tertiary/aromatic N) is 1. The second kappa shape index (κ2) is 5.50. The first kappa shape index (κ1) is 13.7. The number of hydrogen-bond donors (Lipinski definition) is 2. The van der Waals surface area contributed by atoms with Crippen LogP contribution < -0.4 is 11.1 Å². The lowest BCUT2D eigenvalue weighted by Gasteiger charge is -2.04. The average Bonchev–Trinajstić information content (AvgIpc) is 2.81. The molecular formula is C14H17N3OS. The molecule has 19 heavy (non-hydrogen) atoms. The Labute approximate surface area is 116 Å². The van der Waals surface area contributed by atoms with Crippen molar-refractivity contribution in [2.45, 2.75) is 26.8 Å². The number of nitrogens with two attached hydrogens (primary N) is 1. The Bertz CT molecular complexity index is 604. The van der Waals surface area contributed by atoms with Crippen molar-refractivity contribution in [2.75, 3.05) is 5.32 Å². The standard InChI is InChI=1S/C14H17N3OS/c1-8-4-5-11(6-9(8)2)12-7-19-14(16-12)17-13(18)10(3)15/h4-7,10H,15H2,1-3H3,(H,16,17,18)/t10-/m0/s1. The van der Waals surface area contributed by atoms with E-state index in [1.165, 1.54) is 22.5 Å². The van der Waals surface area contributed by atoms with Crippen molar-refractivity contribution in [3.8, 4) is 11.3 Å². The summed E-state index contributed by atoms with van der Waals surface area (Å²) in [7, 11) is 0. The molecule has 1 aromatic carbocycles. The van der Waals surface area contributed by atoms with Crippen LogP contribution in [0, 0.1) is 13.8 Å². The highest BCUT2D eigenvalue weighted by Crippen LogP contribution is 2.26. The molecule has 0 saturated heterocycles. The van der Waals surface area contributed by atoms with Crippen LogP contribution in [-0.4, -0.2) is 16.9 Å². The number of nitrogens with one attached hydrogen (secondary N) is 1. The predicted octanol–water partition coefficient (Wildman–Crippen LogP) is 2.71. The van der Waals surface area contributed by atoms with Gasteiger partial charge in [-0.2, -0.15) is 0 Å². The molecule has 2 rings (SSSR count). The van der Waals surface area contributed by atoms with Crippen LogP contribution in [-0.2, 0) is 4.79 Å². The minimum absolute atomic E-state index is 0.221. The van der Waals surface area contributed by atoms with Crippen LogP contribution in [0.4, 0.5) is 5.13 Å². The molecule has 0 aliphatic heterocycles. The largest absolute Gasteiger partial charge is 0.320 e. The van der Waals surface area contributed by atoms with Crippen LogP contribution in [0.3, 0.4) is 0 Å². The van der Waals surface area contributed by atoms with Gasteiger partial charge in [-0.3, -0.25) is 4.79 Å². The van der Waals surface area contributed by atoms with E-state index in [0.29, 0.717) is 5.13 Å². The van der Waals surface area contributed by atoms with Crippen LogP contribution in [0.25, 0.3) is 11.3 Å². The third-order valence-corrected chi connectivity index (χ3v) is 3.71. The molecule has 0 bridgehead atoms. The van der Waals surface area contributed by atoms with Gasteiger partial charge in [0.25, 0.3) is 0 Å². The lowest BCUT2D eigenvalue weighted by Crippen LogP contribution is -2.32. The fourth-order valence-corrected chi connectivity index (χ4v) is 2.31. The third kappa shape index (κ3) is 3.19. The molecule has 0 unspecified atom stereocenters. The maximum Gasteiger partial charge on any atom is 0.242 e. The molecule has 0 spiro atoms. The van der Waals surface area contributed by atoms with E-state index in [1.54, 1.807) is 6.92 Å². The third-order valence-electron chi connectivity index (χ3n) is 2.95. The molecule has 0 saturated carbocycles. The maximum atomic E-state index is 11.5. The van der Waals surface area contributed by atoms with E-state index in [1.807, 2.05) is 11.4 Å². The minimum atomic E-state index is -0.533. The van der Waals surface area contributed by atoms with Gasteiger partial charge in [-0.15, -0.1) is 11.3 Å². The predicted molar refractivity (Wildman–Crippen MR) is 79.3 cm³/mol. The fraction of sp³-hybridized carbons (Fsp3) is 0.286. The first-order chi connectivity index (χ1) is 8.97. The van der Waals surface area contributed by atoms with E-state index in [2.05, 4.69) is 36.3 Å². The lowest BCUT2D eigenvalue weighted by molar-refractivity contribution is -0.117. The molecule has 1 aromatic heterocycles. The summed E-state index contributed by atoms with van der Waals surface area (Å²) in [6.45, 7) is 5.80. The van der Waals surface area contributed by atoms with Gasteiger partial charge in [0.2, 0.25) is 5.91 Å². The Morgan fingerprint density at radius 3 is 2.74 bits per heavy atom. The van der Waals surface area contributed by atoms with Gasteiger partial charge in [0, 0.05) is 10.9 Å². The van der Waals surface area contributed by atoms with E-state index in [-0.39, 0.29) is 5.91 Å². The first-order valence-electron chi connectivity index (χ1n) is 6.07. The summed E-state index contributed by atoms with van der Waals surface area (Å²) in [6, 6.07) is 5.68. The SMILES string of the molecule is Cc1ccc(-c2csc(NC(=O)[C@H](C)N)n2)cc1C. The van der Waals surface area contributed by atoms with Crippen LogP contribution in [0.5, 0.6) is 0 Å². The van der Waals surface area contributed by atoms with Gasteiger partial charge in [0.15, 0.2) is 5.13 Å². The molecule has 3 N–H and O–H groups in total. The monoisotopic (exact) mass is 275 g/mol. The Balaban J connectivity index is 2.21. The van der Waals surface area contributed by atoms with Crippen LogP contribution in [0.15, 0.2) is 23.6 Å². The van der Waals surface area contributed by atoms with E-state index in [4.69, 9.17) is 5.73 Å². The quantitative estimate of drug-likeness (QED) is 0.905. The zero-order valence-electron chi connectivity index (χ0n) is 11.2. The van der Waals surface area contributed by atoms with Crippen molar-refractivity contribution < 1.29 is 4.79 Å². The zero-order valence-corrected chi connectivity index (χ0v) is 12.0. The molecule has 5 heteroatoms. The van der Waals surface area contributed by atoms with Crippen molar-refractivity contribution in [1.29, 1.82) is 0 Å². The van der Waals surface area contributed by atoms with E-state index < -0.39 is 6.04 Å². The number of carbonyl (C=O) groups is 1. The molecule has 0 aliphatic carbocycles. The summed E-state index contributed by atoms with van der Waals surface area (Å²) in [5.74, 6) is -0.221. The molecule has 100 valence electrons. The molecular weight excluding hydrogens is 258 g/mol. The molecule has 1 heterocycles. The highest BCUT2D eigenvalue weighted by molar-refractivity contribution is 7.14. The zero-order chi connectivity index (χ0) is 14.0. The van der Waals surface area contributed by atoms with Crippen LogP contribution in [0.1, 0.15) is 18.1 Å². The number of carbonyl (C=O) groups excluding carboxylic acids is 1. The molecule has 0 aliphatic rings. The van der Waals surface area contributed by atoms with Crippen molar-refractivity contribution >= 4 is 22.4 Å². The van der Waals surface area contributed by atoms with Gasteiger partial charge in [0.05, 0.1) is 11.7 Å². The molecule has 0 fully saturated rings. The highest BCUT2D eigenvalue weighted by atomic mass is 32.1. The second-order valence-electron chi connectivity index (χ2n) is 4.61. The smallest absolute Gasteiger partial charge is 0.242 e. The molecule has 1 amide bonds. The van der Waals surface area contributed by atoms with E-state index in [0.717, 1.165) is 11.3 Å².